The van der Waals surface area contributed by atoms with Crippen LogP contribution in [0.4, 0.5) is 9.59 Å². The van der Waals surface area contributed by atoms with Gasteiger partial charge in [0.15, 0.2) is 0 Å². The molecule has 0 aromatic heterocycles. The third kappa shape index (κ3) is 4.91. The maximum absolute atomic E-state index is 12.8. The van der Waals surface area contributed by atoms with Crippen molar-refractivity contribution in [3.8, 4) is 0 Å². The molecule has 33 heavy (non-hydrogen) atoms. The SMILES string of the molecule is O=C(CN1C(=O)NC2(CCCCC2)C1=O)NCCN1C(=O)SC(=Cc2ccc(Cl)cc2)C1=O. The van der Waals surface area contributed by atoms with Crippen molar-refractivity contribution in [1.82, 2.24) is 20.4 Å². The van der Waals surface area contributed by atoms with Crippen LogP contribution in [0.15, 0.2) is 29.2 Å². The second-order valence-electron chi connectivity index (χ2n) is 8.20. The number of hydrogen-bond acceptors (Lipinski definition) is 6. The lowest BCUT2D eigenvalue weighted by atomic mass is 9.82. The Balaban J connectivity index is 1.28. The Labute approximate surface area is 199 Å². The number of benzene rings is 1. The highest BCUT2D eigenvalue weighted by Gasteiger charge is 2.51. The summed E-state index contributed by atoms with van der Waals surface area (Å²) in [6.07, 6.45) is 5.51. The molecule has 9 nitrogen and oxygen atoms in total. The molecule has 3 fully saturated rings. The number of nitrogens with one attached hydrogen (secondary N) is 2. The van der Waals surface area contributed by atoms with Gasteiger partial charge in [-0.1, -0.05) is 43.0 Å². The Morgan fingerprint density at radius 1 is 1.09 bits per heavy atom. The fraction of sp³-hybridized carbons (Fsp3) is 0.409. The first-order valence-electron chi connectivity index (χ1n) is 10.7. The van der Waals surface area contributed by atoms with Crippen LogP contribution in [0.5, 0.6) is 0 Å². The molecular formula is C22H23ClN4O5S. The van der Waals surface area contributed by atoms with Gasteiger partial charge in [-0.3, -0.25) is 29.0 Å². The molecule has 6 amide bonds. The molecule has 1 aromatic carbocycles. The molecule has 2 heterocycles. The van der Waals surface area contributed by atoms with Crippen molar-refractivity contribution >= 4 is 58.4 Å². The quantitative estimate of drug-likeness (QED) is 0.468. The van der Waals surface area contributed by atoms with E-state index in [9.17, 15) is 24.0 Å². The van der Waals surface area contributed by atoms with Crippen LogP contribution in [-0.2, 0) is 14.4 Å². The molecule has 4 rings (SSSR count). The molecule has 11 heteroatoms. The van der Waals surface area contributed by atoms with Crippen LogP contribution in [0.25, 0.3) is 6.08 Å². The Hall–Kier alpha value is -2.85. The lowest BCUT2D eigenvalue weighted by Gasteiger charge is -2.30. The standard InChI is InChI=1S/C22H23ClN4O5S/c23-15-6-4-14(5-7-15)12-16-18(29)26(21(32)33-16)11-10-24-17(28)13-27-19(30)22(25-20(27)31)8-2-1-3-9-22/h4-7,12H,1-3,8-11,13H2,(H,24,28)(H,25,31). The minimum absolute atomic E-state index is 0.0138. The average molecular weight is 491 g/mol. The smallest absolute Gasteiger partial charge is 0.325 e. The molecule has 1 spiro atoms. The van der Waals surface area contributed by atoms with E-state index < -0.39 is 35.2 Å². The highest BCUT2D eigenvalue weighted by Crippen LogP contribution is 2.34. The number of nitrogens with zero attached hydrogens (tertiary/aromatic N) is 2. The van der Waals surface area contributed by atoms with E-state index in [2.05, 4.69) is 10.6 Å². The molecular weight excluding hydrogens is 468 g/mol. The molecule has 2 aliphatic heterocycles. The summed E-state index contributed by atoms with van der Waals surface area (Å²) >= 11 is 6.69. The van der Waals surface area contributed by atoms with E-state index in [0.717, 1.165) is 46.4 Å². The molecule has 0 atom stereocenters. The van der Waals surface area contributed by atoms with E-state index in [4.69, 9.17) is 11.6 Å². The van der Waals surface area contributed by atoms with Crippen molar-refractivity contribution in [1.29, 1.82) is 0 Å². The second-order valence-corrected chi connectivity index (χ2v) is 9.63. The molecule has 0 unspecified atom stereocenters. The van der Waals surface area contributed by atoms with E-state index in [1.807, 2.05) is 0 Å². The van der Waals surface area contributed by atoms with Crippen molar-refractivity contribution in [2.24, 2.45) is 0 Å². The van der Waals surface area contributed by atoms with Gasteiger partial charge in [-0.05, 0) is 48.4 Å². The van der Waals surface area contributed by atoms with E-state index in [1.54, 1.807) is 30.3 Å². The van der Waals surface area contributed by atoms with Gasteiger partial charge in [0, 0.05) is 18.1 Å². The van der Waals surface area contributed by atoms with Gasteiger partial charge in [0.2, 0.25) is 5.91 Å². The predicted octanol–water partition coefficient (Wildman–Crippen LogP) is 2.75. The highest BCUT2D eigenvalue weighted by molar-refractivity contribution is 8.18. The number of halogens is 1. The van der Waals surface area contributed by atoms with Gasteiger partial charge in [0.1, 0.15) is 12.1 Å². The lowest BCUT2D eigenvalue weighted by molar-refractivity contribution is -0.135. The first kappa shape index (κ1) is 23.3. The monoisotopic (exact) mass is 490 g/mol. The van der Waals surface area contributed by atoms with Gasteiger partial charge in [-0.15, -0.1) is 0 Å². The number of imide groups is 2. The Kier molecular flexibility index (Phi) is 6.76. The van der Waals surface area contributed by atoms with Gasteiger partial charge in [-0.2, -0.15) is 0 Å². The van der Waals surface area contributed by atoms with E-state index in [-0.39, 0.29) is 23.9 Å². The average Bonchev–Trinajstić information content (AvgIpc) is 3.17. The van der Waals surface area contributed by atoms with Crippen molar-refractivity contribution in [3.63, 3.8) is 0 Å². The van der Waals surface area contributed by atoms with Gasteiger partial charge in [0.05, 0.1) is 4.91 Å². The summed E-state index contributed by atoms with van der Waals surface area (Å²) in [5, 5.41) is 5.48. The summed E-state index contributed by atoms with van der Waals surface area (Å²) in [5.41, 5.74) is -0.142. The Morgan fingerprint density at radius 3 is 2.48 bits per heavy atom. The fourth-order valence-electron chi connectivity index (χ4n) is 4.22. The molecule has 0 bridgehead atoms. The molecule has 1 saturated carbocycles. The number of amides is 6. The van der Waals surface area contributed by atoms with Gasteiger partial charge >= 0.3 is 6.03 Å². The van der Waals surface area contributed by atoms with Crippen LogP contribution in [-0.4, -0.2) is 64.0 Å². The second kappa shape index (κ2) is 9.56. The predicted molar refractivity (Wildman–Crippen MR) is 123 cm³/mol. The zero-order chi connectivity index (χ0) is 23.6. The minimum atomic E-state index is -0.881. The van der Waals surface area contributed by atoms with Crippen LogP contribution in [0.3, 0.4) is 0 Å². The van der Waals surface area contributed by atoms with Gasteiger partial charge in [0.25, 0.3) is 17.1 Å². The molecule has 1 aliphatic carbocycles. The lowest BCUT2D eigenvalue weighted by Crippen LogP contribution is -2.49. The molecule has 0 radical (unpaired) electrons. The van der Waals surface area contributed by atoms with Crippen molar-refractivity contribution in [2.45, 2.75) is 37.6 Å². The van der Waals surface area contributed by atoms with Crippen molar-refractivity contribution in [2.75, 3.05) is 19.6 Å². The first-order chi connectivity index (χ1) is 15.8. The number of thioether (sulfide) groups is 1. The molecule has 1 aromatic rings. The topological polar surface area (TPSA) is 116 Å². The van der Waals surface area contributed by atoms with Crippen LogP contribution >= 0.6 is 23.4 Å². The largest absolute Gasteiger partial charge is 0.353 e. The molecule has 2 saturated heterocycles. The summed E-state index contributed by atoms with van der Waals surface area (Å²) in [6.45, 7) is -0.400. The molecule has 3 aliphatic rings. The van der Waals surface area contributed by atoms with E-state index in [1.165, 1.54) is 0 Å². The fourth-order valence-corrected chi connectivity index (χ4v) is 5.21. The number of hydrogen-bond donors (Lipinski definition) is 2. The summed E-state index contributed by atoms with van der Waals surface area (Å²) < 4.78 is 0. The minimum Gasteiger partial charge on any atom is -0.353 e. The zero-order valence-electron chi connectivity index (χ0n) is 17.8. The summed E-state index contributed by atoms with van der Waals surface area (Å²) in [7, 11) is 0. The highest BCUT2D eigenvalue weighted by atomic mass is 35.5. The zero-order valence-corrected chi connectivity index (χ0v) is 19.3. The van der Waals surface area contributed by atoms with E-state index >= 15 is 0 Å². The van der Waals surface area contributed by atoms with Crippen LogP contribution in [0.2, 0.25) is 5.02 Å². The third-order valence-corrected chi connectivity index (χ3v) is 7.11. The number of carbonyl (C=O) groups excluding carboxylic acids is 5. The van der Waals surface area contributed by atoms with Crippen LogP contribution < -0.4 is 10.6 Å². The Bertz CT molecular complexity index is 1040. The molecule has 174 valence electrons. The van der Waals surface area contributed by atoms with Gasteiger partial charge in [-0.25, -0.2) is 4.79 Å². The van der Waals surface area contributed by atoms with Crippen molar-refractivity contribution < 1.29 is 24.0 Å². The number of carbonyl (C=O) groups is 5. The van der Waals surface area contributed by atoms with Gasteiger partial charge < -0.3 is 10.6 Å². The third-order valence-electron chi connectivity index (χ3n) is 5.95. The van der Waals surface area contributed by atoms with Crippen LogP contribution in [0, 0.1) is 0 Å². The normalized spacial score (nSPS) is 21.3. The molecule has 2 N–H and O–H groups in total. The summed E-state index contributed by atoms with van der Waals surface area (Å²) in [4.78, 5) is 64.4. The van der Waals surface area contributed by atoms with Crippen molar-refractivity contribution in [3.05, 3.63) is 39.8 Å². The van der Waals surface area contributed by atoms with E-state index in [0.29, 0.717) is 17.9 Å². The number of urea groups is 1. The summed E-state index contributed by atoms with van der Waals surface area (Å²) in [6, 6.07) is 6.30. The van der Waals surface area contributed by atoms with Crippen LogP contribution in [0.1, 0.15) is 37.7 Å². The maximum Gasteiger partial charge on any atom is 0.325 e. The number of rotatable bonds is 6. The maximum atomic E-state index is 12.8. The Morgan fingerprint density at radius 2 is 1.79 bits per heavy atom. The first-order valence-corrected chi connectivity index (χ1v) is 11.9. The summed E-state index contributed by atoms with van der Waals surface area (Å²) in [5.74, 6) is -1.33.